The molecule has 9 nitrogen and oxygen atoms in total. The van der Waals surface area contributed by atoms with Crippen molar-refractivity contribution >= 4 is 34.8 Å². The number of anilines is 2. The number of fused-ring (bicyclic) bond motifs is 1. The van der Waals surface area contributed by atoms with Crippen LogP contribution in [0.25, 0.3) is 11.3 Å². The molecule has 4 heterocycles. The molecule has 0 bridgehead atoms. The Bertz CT molecular complexity index is 1740. The van der Waals surface area contributed by atoms with Crippen molar-refractivity contribution in [2.45, 2.75) is 39.7 Å². The largest absolute Gasteiger partial charge is 0.318 e. The van der Waals surface area contributed by atoms with Gasteiger partial charge >= 0.3 is 0 Å². The van der Waals surface area contributed by atoms with Crippen molar-refractivity contribution < 1.29 is 22.8 Å². The van der Waals surface area contributed by atoms with Crippen molar-refractivity contribution in [1.29, 1.82) is 0 Å². The highest BCUT2D eigenvalue weighted by Gasteiger charge is 2.52. The first-order valence-electron chi connectivity index (χ1n) is 13.3. The fraction of sp³-hybridized carbons (Fsp3) is 0.310. The van der Waals surface area contributed by atoms with Gasteiger partial charge in [0.1, 0.15) is 5.69 Å². The van der Waals surface area contributed by atoms with Crippen molar-refractivity contribution in [3.05, 3.63) is 82.0 Å². The molecule has 1 aliphatic heterocycles. The standard InChI is InChI=1S/C29H25ClF3N7O2/c1-13-23(39-11-16-8-19(16)29(39)42)7-6-21(36-13)15(3)40-12-17(9-35-40)37-28(41)26-14(2)34-10-22(38-26)24-18(27(32)33)4-5-20(30)25(24)31/h4-7,9-10,12,15-16,19,27H,8,11H2,1-3H3,(H,37,41)/t15?,16-,19-/m1/s1. The number of alkyl halides is 2. The molecule has 216 valence electrons. The minimum Gasteiger partial charge on any atom is -0.318 e. The molecule has 2 amide bonds. The molecule has 2 fully saturated rings. The Balaban J connectivity index is 1.20. The average molecular weight is 596 g/mol. The van der Waals surface area contributed by atoms with Gasteiger partial charge in [-0.15, -0.1) is 0 Å². The smallest absolute Gasteiger partial charge is 0.276 e. The van der Waals surface area contributed by atoms with Gasteiger partial charge in [-0.2, -0.15) is 5.10 Å². The normalized spacial score (nSPS) is 18.4. The van der Waals surface area contributed by atoms with Crippen LogP contribution in [0.2, 0.25) is 5.02 Å². The Morgan fingerprint density at radius 1 is 1.12 bits per heavy atom. The summed E-state index contributed by atoms with van der Waals surface area (Å²) in [5.74, 6) is -0.975. The summed E-state index contributed by atoms with van der Waals surface area (Å²) >= 11 is 5.84. The van der Waals surface area contributed by atoms with Crippen molar-refractivity contribution in [1.82, 2.24) is 24.7 Å². The van der Waals surface area contributed by atoms with E-state index < -0.39 is 29.3 Å². The van der Waals surface area contributed by atoms with Crippen LogP contribution in [0.1, 0.15) is 58.9 Å². The number of halogens is 4. The summed E-state index contributed by atoms with van der Waals surface area (Å²) in [4.78, 5) is 40.4. The molecule has 0 radical (unpaired) electrons. The van der Waals surface area contributed by atoms with Crippen LogP contribution in [-0.4, -0.2) is 43.1 Å². The van der Waals surface area contributed by atoms with E-state index in [1.165, 1.54) is 13.1 Å². The Morgan fingerprint density at radius 3 is 2.60 bits per heavy atom. The molecule has 1 saturated carbocycles. The highest BCUT2D eigenvalue weighted by molar-refractivity contribution is 6.31. The SMILES string of the molecule is Cc1nc(C(C)n2cc(NC(=O)c3nc(-c4c(C(F)F)ccc(Cl)c4F)cnc3C)cn2)ccc1N1C[C@H]2C[C@H]2C1=O. The van der Waals surface area contributed by atoms with Crippen LogP contribution >= 0.6 is 11.6 Å². The summed E-state index contributed by atoms with van der Waals surface area (Å²) in [5, 5.41) is 6.67. The number of carbonyl (C=O) groups is 2. The second-order valence-corrected chi connectivity index (χ2v) is 11.0. The van der Waals surface area contributed by atoms with Crippen LogP contribution in [-0.2, 0) is 4.79 Å². The fourth-order valence-corrected chi connectivity index (χ4v) is 5.47. The van der Waals surface area contributed by atoms with Gasteiger partial charge in [0.25, 0.3) is 12.3 Å². The number of nitrogens with zero attached hydrogens (tertiary/aromatic N) is 6. The minimum atomic E-state index is -3.00. The van der Waals surface area contributed by atoms with Crippen molar-refractivity contribution in [3.63, 3.8) is 0 Å². The van der Waals surface area contributed by atoms with Crippen LogP contribution in [0.15, 0.2) is 42.9 Å². The quantitative estimate of drug-likeness (QED) is 0.284. The summed E-state index contributed by atoms with van der Waals surface area (Å²) in [6.07, 6.45) is 2.16. The second-order valence-electron chi connectivity index (χ2n) is 10.5. The molecule has 3 aromatic heterocycles. The molecule has 2 aliphatic rings. The summed E-state index contributed by atoms with van der Waals surface area (Å²) in [6, 6.07) is 5.52. The molecule has 3 atom stereocenters. The zero-order valence-corrected chi connectivity index (χ0v) is 23.5. The maximum atomic E-state index is 14.8. The molecule has 4 aromatic rings. The summed E-state index contributed by atoms with van der Waals surface area (Å²) in [5.41, 5.74) is 1.29. The Morgan fingerprint density at radius 2 is 1.90 bits per heavy atom. The Kier molecular flexibility index (Phi) is 6.96. The second kappa shape index (κ2) is 10.5. The molecule has 1 unspecified atom stereocenters. The first-order chi connectivity index (χ1) is 20.0. The van der Waals surface area contributed by atoms with Gasteiger partial charge in [-0.3, -0.25) is 24.2 Å². The van der Waals surface area contributed by atoms with Gasteiger partial charge in [0.2, 0.25) is 5.91 Å². The molecule has 1 aromatic carbocycles. The Hall–Kier alpha value is -4.32. The summed E-state index contributed by atoms with van der Waals surface area (Å²) in [7, 11) is 0. The third-order valence-electron chi connectivity index (χ3n) is 7.77. The summed E-state index contributed by atoms with van der Waals surface area (Å²) < 4.78 is 43.7. The van der Waals surface area contributed by atoms with E-state index in [1.54, 1.807) is 10.9 Å². The molecule has 42 heavy (non-hydrogen) atoms. The van der Waals surface area contributed by atoms with Crippen LogP contribution in [0, 0.1) is 31.5 Å². The van der Waals surface area contributed by atoms with E-state index in [0.29, 0.717) is 11.6 Å². The number of aromatic nitrogens is 5. The topological polar surface area (TPSA) is 106 Å². The highest BCUT2D eigenvalue weighted by Crippen LogP contribution is 2.47. The molecule has 1 aliphatic carbocycles. The molecular weight excluding hydrogens is 571 g/mol. The molecule has 1 saturated heterocycles. The van der Waals surface area contributed by atoms with E-state index in [9.17, 15) is 22.8 Å². The fourth-order valence-electron chi connectivity index (χ4n) is 5.32. The van der Waals surface area contributed by atoms with Gasteiger partial charge in [0, 0.05) is 29.8 Å². The lowest BCUT2D eigenvalue weighted by molar-refractivity contribution is -0.118. The molecule has 0 spiro atoms. The lowest BCUT2D eigenvalue weighted by Crippen LogP contribution is -2.29. The number of nitrogens with one attached hydrogen (secondary N) is 1. The van der Waals surface area contributed by atoms with E-state index in [1.807, 2.05) is 30.9 Å². The van der Waals surface area contributed by atoms with E-state index in [4.69, 9.17) is 16.6 Å². The molecular formula is C29H25ClF3N7O2. The number of benzene rings is 1. The minimum absolute atomic E-state index is 0.158. The molecule has 1 N–H and O–H groups in total. The molecule has 6 rings (SSSR count). The zero-order chi connectivity index (χ0) is 29.9. The van der Waals surface area contributed by atoms with Gasteiger partial charge in [0.15, 0.2) is 5.82 Å². The Labute approximate surface area is 243 Å². The predicted molar refractivity (Wildman–Crippen MR) is 149 cm³/mol. The van der Waals surface area contributed by atoms with Crippen LogP contribution in [0.4, 0.5) is 24.5 Å². The lowest BCUT2D eigenvalue weighted by Gasteiger charge is -2.21. The maximum Gasteiger partial charge on any atom is 0.276 e. The average Bonchev–Trinajstić information content (AvgIpc) is 3.46. The number of amides is 2. The van der Waals surface area contributed by atoms with E-state index >= 15 is 0 Å². The third-order valence-corrected chi connectivity index (χ3v) is 8.06. The predicted octanol–water partition coefficient (Wildman–Crippen LogP) is 5.93. The first kappa shape index (κ1) is 27.8. The number of rotatable bonds is 7. The lowest BCUT2D eigenvalue weighted by atomic mass is 10.0. The highest BCUT2D eigenvalue weighted by atomic mass is 35.5. The molecule has 13 heteroatoms. The monoisotopic (exact) mass is 595 g/mol. The first-order valence-corrected chi connectivity index (χ1v) is 13.7. The van der Waals surface area contributed by atoms with Crippen molar-refractivity contribution in [2.75, 3.05) is 16.8 Å². The number of pyridine rings is 1. The number of hydrogen-bond donors (Lipinski definition) is 1. The van der Waals surface area contributed by atoms with E-state index in [-0.39, 0.29) is 40.0 Å². The number of piperidine rings is 1. The van der Waals surface area contributed by atoms with E-state index in [2.05, 4.69) is 20.4 Å². The van der Waals surface area contributed by atoms with Gasteiger partial charge in [-0.25, -0.2) is 18.2 Å². The van der Waals surface area contributed by atoms with Crippen LogP contribution in [0.3, 0.4) is 0 Å². The van der Waals surface area contributed by atoms with Crippen LogP contribution in [0.5, 0.6) is 0 Å². The van der Waals surface area contributed by atoms with Crippen LogP contribution < -0.4 is 10.2 Å². The van der Waals surface area contributed by atoms with Gasteiger partial charge in [0.05, 0.1) is 57.6 Å². The summed E-state index contributed by atoms with van der Waals surface area (Å²) in [6.45, 7) is 6.03. The van der Waals surface area contributed by atoms with Gasteiger partial charge in [-0.1, -0.05) is 17.7 Å². The number of carbonyl (C=O) groups excluding carboxylic acids is 2. The number of aryl methyl sites for hydroxylation is 2. The van der Waals surface area contributed by atoms with Crippen molar-refractivity contribution in [2.24, 2.45) is 11.8 Å². The van der Waals surface area contributed by atoms with Crippen molar-refractivity contribution in [3.8, 4) is 11.3 Å². The number of hydrogen-bond acceptors (Lipinski definition) is 6. The third kappa shape index (κ3) is 4.89. The van der Waals surface area contributed by atoms with E-state index in [0.717, 1.165) is 48.4 Å². The zero-order valence-electron chi connectivity index (χ0n) is 22.8. The maximum absolute atomic E-state index is 14.8. The van der Waals surface area contributed by atoms with Gasteiger partial charge in [-0.05, 0) is 51.3 Å². The van der Waals surface area contributed by atoms with Gasteiger partial charge < -0.3 is 10.2 Å².